The summed E-state index contributed by atoms with van der Waals surface area (Å²) in [6.07, 6.45) is 0.205. The number of aliphatic carboxylic acids is 1. The van der Waals surface area contributed by atoms with E-state index in [-0.39, 0.29) is 18.2 Å². The first-order valence-electron chi connectivity index (χ1n) is 4.48. The highest BCUT2D eigenvalue weighted by Crippen LogP contribution is 2.25. The van der Waals surface area contributed by atoms with Gasteiger partial charge in [-0.3, -0.25) is 9.59 Å². The summed E-state index contributed by atoms with van der Waals surface area (Å²) in [5, 5.41) is 8.55. The highest BCUT2D eigenvalue weighted by Gasteiger charge is 2.33. The minimum absolute atomic E-state index is 0.0822. The predicted octanol–water partition coefficient (Wildman–Crippen LogP) is 0.575. The molecule has 1 aliphatic heterocycles. The summed E-state index contributed by atoms with van der Waals surface area (Å²) >= 11 is 0. The molecule has 0 saturated carbocycles. The Hall–Kier alpha value is -1.06. The Labute approximate surface area is 77.5 Å². The number of amides is 1. The quantitative estimate of drug-likeness (QED) is 0.699. The molecule has 4 heteroatoms. The van der Waals surface area contributed by atoms with E-state index in [2.05, 4.69) is 0 Å². The highest BCUT2D eigenvalue weighted by molar-refractivity contribution is 5.74. The van der Waals surface area contributed by atoms with Gasteiger partial charge < -0.3 is 10.0 Å². The Morgan fingerprint density at radius 1 is 1.54 bits per heavy atom. The lowest BCUT2D eigenvalue weighted by Gasteiger charge is -2.41. The summed E-state index contributed by atoms with van der Waals surface area (Å²) < 4.78 is 0. The second kappa shape index (κ2) is 3.77. The van der Waals surface area contributed by atoms with Crippen LogP contribution in [-0.2, 0) is 9.59 Å². The van der Waals surface area contributed by atoms with E-state index >= 15 is 0 Å². The number of likely N-dealkylation sites (tertiary alicyclic amines) is 1. The van der Waals surface area contributed by atoms with Crippen molar-refractivity contribution in [2.75, 3.05) is 13.1 Å². The molecule has 1 aliphatic rings. The van der Waals surface area contributed by atoms with Crippen molar-refractivity contribution in [3.05, 3.63) is 0 Å². The van der Waals surface area contributed by atoms with Crippen molar-refractivity contribution in [3.8, 4) is 0 Å². The monoisotopic (exact) mass is 185 g/mol. The molecule has 1 saturated heterocycles. The van der Waals surface area contributed by atoms with Gasteiger partial charge in [-0.15, -0.1) is 0 Å². The van der Waals surface area contributed by atoms with Gasteiger partial charge in [0.2, 0.25) is 5.91 Å². The number of rotatable bonds is 3. The third-order valence-electron chi connectivity index (χ3n) is 2.66. The fourth-order valence-electron chi connectivity index (χ4n) is 1.57. The fraction of sp³-hybridized carbons (Fsp3) is 0.778. The molecule has 13 heavy (non-hydrogen) atoms. The van der Waals surface area contributed by atoms with Crippen LogP contribution in [0.25, 0.3) is 0 Å². The molecule has 0 radical (unpaired) electrons. The number of carbonyl (C=O) groups excluding carboxylic acids is 1. The third kappa shape index (κ3) is 2.44. The second-order valence-electron chi connectivity index (χ2n) is 3.76. The van der Waals surface area contributed by atoms with Crippen LogP contribution in [0.5, 0.6) is 0 Å². The molecule has 74 valence electrons. The molecule has 1 rings (SSSR count). The summed E-state index contributed by atoms with van der Waals surface area (Å²) in [6, 6.07) is 0. The zero-order valence-electron chi connectivity index (χ0n) is 7.99. The minimum Gasteiger partial charge on any atom is -0.481 e. The Bertz CT molecular complexity index is 221. The van der Waals surface area contributed by atoms with Crippen LogP contribution in [0.1, 0.15) is 20.3 Å². The first-order chi connectivity index (χ1) is 6.00. The van der Waals surface area contributed by atoms with Crippen LogP contribution in [-0.4, -0.2) is 35.0 Å². The zero-order valence-corrected chi connectivity index (χ0v) is 7.99. The van der Waals surface area contributed by atoms with Crippen LogP contribution in [0.4, 0.5) is 0 Å². The first-order valence-corrected chi connectivity index (χ1v) is 4.48. The first kappa shape index (κ1) is 10.0. The van der Waals surface area contributed by atoms with Gasteiger partial charge in [-0.25, -0.2) is 0 Å². The predicted molar refractivity (Wildman–Crippen MR) is 47.2 cm³/mol. The summed E-state index contributed by atoms with van der Waals surface area (Å²) in [4.78, 5) is 23.0. The van der Waals surface area contributed by atoms with Crippen molar-refractivity contribution in [1.29, 1.82) is 0 Å². The molecule has 0 aromatic rings. The lowest BCUT2D eigenvalue weighted by atomic mass is 9.85. The van der Waals surface area contributed by atoms with E-state index in [1.165, 1.54) is 6.92 Å². The molecule has 1 heterocycles. The lowest BCUT2D eigenvalue weighted by molar-refractivity contribution is -0.140. The summed E-state index contributed by atoms with van der Waals surface area (Å²) in [7, 11) is 0. The van der Waals surface area contributed by atoms with E-state index < -0.39 is 5.97 Å². The topological polar surface area (TPSA) is 57.6 Å². The molecule has 1 fully saturated rings. The van der Waals surface area contributed by atoms with Crippen molar-refractivity contribution in [1.82, 2.24) is 4.90 Å². The van der Waals surface area contributed by atoms with Gasteiger partial charge in [0.25, 0.3) is 0 Å². The molecule has 0 aromatic heterocycles. The van der Waals surface area contributed by atoms with E-state index in [1.54, 1.807) is 4.90 Å². The molecule has 1 unspecified atom stereocenters. The number of carboxylic acid groups (broad SMARTS) is 1. The summed E-state index contributed by atoms with van der Waals surface area (Å²) in [6.45, 7) is 4.92. The van der Waals surface area contributed by atoms with Crippen LogP contribution in [0.15, 0.2) is 0 Å². The molecule has 0 bridgehead atoms. The minimum atomic E-state index is -0.756. The van der Waals surface area contributed by atoms with E-state index in [1.807, 2.05) is 6.92 Å². The van der Waals surface area contributed by atoms with Crippen molar-refractivity contribution >= 4 is 11.9 Å². The van der Waals surface area contributed by atoms with E-state index in [9.17, 15) is 9.59 Å². The normalized spacial score (nSPS) is 19.4. The molecule has 0 aromatic carbocycles. The van der Waals surface area contributed by atoms with Crippen molar-refractivity contribution in [2.24, 2.45) is 11.8 Å². The maximum absolute atomic E-state index is 10.8. The van der Waals surface area contributed by atoms with Gasteiger partial charge >= 0.3 is 5.97 Å². The van der Waals surface area contributed by atoms with Crippen LogP contribution in [0.3, 0.4) is 0 Å². The van der Waals surface area contributed by atoms with Crippen molar-refractivity contribution in [3.63, 3.8) is 0 Å². The van der Waals surface area contributed by atoms with Gasteiger partial charge in [-0.05, 0) is 11.8 Å². The smallest absolute Gasteiger partial charge is 0.303 e. The largest absolute Gasteiger partial charge is 0.481 e. The van der Waals surface area contributed by atoms with E-state index in [0.717, 1.165) is 13.1 Å². The van der Waals surface area contributed by atoms with E-state index in [0.29, 0.717) is 5.92 Å². The standard InChI is InChI=1S/C9H15NO3/c1-6(3-9(12)13)8-4-10(5-8)7(2)11/h6,8H,3-5H2,1-2H3,(H,12,13). The lowest BCUT2D eigenvalue weighted by Crippen LogP contribution is -2.51. The number of carboxylic acids is 1. The Balaban J connectivity index is 2.26. The average molecular weight is 185 g/mol. The molecule has 4 nitrogen and oxygen atoms in total. The molecular weight excluding hydrogens is 170 g/mol. The molecule has 0 aliphatic carbocycles. The second-order valence-corrected chi connectivity index (χ2v) is 3.76. The molecular formula is C9H15NO3. The Morgan fingerprint density at radius 3 is 2.46 bits per heavy atom. The van der Waals surface area contributed by atoms with Gasteiger partial charge in [0.15, 0.2) is 0 Å². The molecule has 1 atom stereocenters. The number of hydrogen-bond donors (Lipinski definition) is 1. The summed E-state index contributed by atoms with van der Waals surface area (Å²) in [5.41, 5.74) is 0. The van der Waals surface area contributed by atoms with E-state index in [4.69, 9.17) is 5.11 Å². The van der Waals surface area contributed by atoms with Crippen molar-refractivity contribution in [2.45, 2.75) is 20.3 Å². The zero-order chi connectivity index (χ0) is 10.0. The van der Waals surface area contributed by atoms with Crippen LogP contribution in [0, 0.1) is 11.8 Å². The Kier molecular flexibility index (Phi) is 2.90. The van der Waals surface area contributed by atoms with Crippen LogP contribution >= 0.6 is 0 Å². The summed E-state index contributed by atoms with van der Waals surface area (Å²) in [5.74, 6) is -0.124. The maximum Gasteiger partial charge on any atom is 0.303 e. The van der Waals surface area contributed by atoms with Gasteiger partial charge in [0, 0.05) is 26.4 Å². The fourth-order valence-corrected chi connectivity index (χ4v) is 1.57. The number of carbonyl (C=O) groups is 2. The maximum atomic E-state index is 10.8. The highest BCUT2D eigenvalue weighted by atomic mass is 16.4. The number of hydrogen-bond acceptors (Lipinski definition) is 2. The van der Waals surface area contributed by atoms with Gasteiger partial charge in [0.1, 0.15) is 0 Å². The molecule has 1 amide bonds. The Morgan fingerprint density at radius 2 is 2.08 bits per heavy atom. The van der Waals surface area contributed by atoms with Crippen molar-refractivity contribution < 1.29 is 14.7 Å². The molecule has 0 spiro atoms. The van der Waals surface area contributed by atoms with Crippen LogP contribution < -0.4 is 0 Å². The average Bonchev–Trinajstić information content (AvgIpc) is 1.79. The number of nitrogens with zero attached hydrogens (tertiary/aromatic N) is 1. The molecule has 1 N–H and O–H groups in total. The van der Waals surface area contributed by atoms with Gasteiger partial charge in [0.05, 0.1) is 0 Å². The SMILES string of the molecule is CC(=O)N1CC(C(C)CC(=O)O)C1. The van der Waals surface area contributed by atoms with Crippen LogP contribution in [0.2, 0.25) is 0 Å². The van der Waals surface area contributed by atoms with Gasteiger partial charge in [-0.1, -0.05) is 6.92 Å². The van der Waals surface area contributed by atoms with Gasteiger partial charge in [-0.2, -0.15) is 0 Å². The third-order valence-corrected chi connectivity index (χ3v) is 2.66.